The van der Waals surface area contributed by atoms with E-state index in [1.807, 2.05) is 0 Å². The highest BCUT2D eigenvalue weighted by molar-refractivity contribution is 7.13. The third-order valence-electron chi connectivity index (χ3n) is 3.61. The maximum atomic E-state index is 12.4. The Morgan fingerprint density at radius 2 is 2.04 bits per heavy atom. The van der Waals surface area contributed by atoms with Crippen LogP contribution in [-0.2, 0) is 4.74 Å². The minimum atomic E-state index is -0.469. The Kier molecular flexibility index (Phi) is 5.05. The van der Waals surface area contributed by atoms with E-state index in [9.17, 15) is 14.4 Å². The number of benzene rings is 1. The minimum Gasteiger partial charge on any atom is -0.385 e. The number of imide groups is 1. The fraction of sp³-hybridized carbons (Fsp3) is 0.250. The molecule has 1 aliphatic rings. The van der Waals surface area contributed by atoms with Gasteiger partial charge in [0.15, 0.2) is 5.13 Å². The molecule has 0 aliphatic carbocycles. The van der Waals surface area contributed by atoms with Crippen molar-refractivity contribution < 1.29 is 19.1 Å². The zero-order valence-electron chi connectivity index (χ0n) is 13.4. The molecule has 1 aromatic heterocycles. The molecule has 25 heavy (non-hydrogen) atoms. The Hall–Kier alpha value is -2.78. The first-order valence-electron chi connectivity index (χ1n) is 7.57. The van der Waals surface area contributed by atoms with Crippen LogP contribution in [0.25, 0.3) is 0 Å². The highest BCUT2D eigenvalue weighted by Crippen LogP contribution is 2.26. The second kappa shape index (κ2) is 7.41. The van der Waals surface area contributed by atoms with Gasteiger partial charge in [0.25, 0.3) is 11.8 Å². The molecule has 0 radical (unpaired) electrons. The molecule has 0 saturated heterocycles. The lowest BCUT2D eigenvalue weighted by Gasteiger charge is -2.12. The SMILES string of the molecule is COCCCN1C(=O)c2ccc(NC(=O)Nc3nccs3)cc2C1=O. The fourth-order valence-electron chi connectivity index (χ4n) is 2.48. The van der Waals surface area contributed by atoms with E-state index in [1.54, 1.807) is 30.8 Å². The van der Waals surface area contributed by atoms with Crippen molar-refractivity contribution in [3.8, 4) is 0 Å². The summed E-state index contributed by atoms with van der Waals surface area (Å²) in [7, 11) is 1.57. The lowest BCUT2D eigenvalue weighted by atomic mass is 10.1. The Morgan fingerprint density at radius 1 is 1.24 bits per heavy atom. The Balaban J connectivity index is 1.70. The van der Waals surface area contributed by atoms with Crippen LogP contribution in [0.15, 0.2) is 29.8 Å². The normalized spacial score (nSPS) is 13.1. The fourth-order valence-corrected chi connectivity index (χ4v) is 3.01. The molecule has 1 aliphatic heterocycles. The molecule has 0 bridgehead atoms. The third-order valence-corrected chi connectivity index (χ3v) is 4.30. The molecule has 2 N–H and O–H groups in total. The highest BCUT2D eigenvalue weighted by atomic mass is 32.1. The number of aromatic nitrogens is 1. The second-order valence-corrected chi connectivity index (χ2v) is 6.18. The number of fused-ring (bicyclic) bond motifs is 1. The zero-order valence-corrected chi connectivity index (χ0v) is 14.3. The maximum Gasteiger partial charge on any atom is 0.325 e. The zero-order chi connectivity index (χ0) is 17.8. The number of nitrogens with zero attached hydrogens (tertiary/aromatic N) is 2. The van der Waals surface area contributed by atoms with Crippen molar-refractivity contribution in [2.45, 2.75) is 6.42 Å². The summed E-state index contributed by atoms with van der Waals surface area (Å²) >= 11 is 1.29. The quantitative estimate of drug-likeness (QED) is 0.609. The van der Waals surface area contributed by atoms with Gasteiger partial charge in [-0.2, -0.15) is 0 Å². The maximum absolute atomic E-state index is 12.4. The molecule has 2 aromatic rings. The topological polar surface area (TPSA) is 101 Å². The number of ether oxygens (including phenoxy) is 1. The number of amides is 4. The van der Waals surface area contributed by atoms with Crippen molar-refractivity contribution in [1.82, 2.24) is 9.88 Å². The second-order valence-electron chi connectivity index (χ2n) is 5.29. The molecule has 3 rings (SSSR count). The van der Waals surface area contributed by atoms with E-state index < -0.39 is 6.03 Å². The molecular formula is C16H16N4O4S. The van der Waals surface area contributed by atoms with Crippen molar-refractivity contribution in [3.05, 3.63) is 40.9 Å². The highest BCUT2D eigenvalue weighted by Gasteiger charge is 2.35. The smallest absolute Gasteiger partial charge is 0.325 e. The Morgan fingerprint density at radius 3 is 2.76 bits per heavy atom. The lowest BCUT2D eigenvalue weighted by Crippen LogP contribution is -2.31. The number of thiazole rings is 1. The summed E-state index contributed by atoms with van der Waals surface area (Å²) in [4.78, 5) is 41.8. The van der Waals surface area contributed by atoms with Crippen molar-refractivity contribution in [1.29, 1.82) is 0 Å². The van der Waals surface area contributed by atoms with E-state index in [1.165, 1.54) is 22.3 Å². The van der Waals surface area contributed by atoms with Crippen molar-refractivity contribution in [3.63, 3.8) is 0 Å². The van der Waals surface area contributed by atoms with Crippen LogP contribution in [0.3, 0.4) is 0 Å². The van der Waals surface area contributed by atoms with E-state index in [2.05, 4.69) is 15.6 Å². The average Bonchev–Trinajstić information content (AvgIpc) is 3.17. The molecule has 1 aromatic carbocycles. The summed E-state index contributed by atoms with van der Waals surface area (Å²) in [6.07, 6.45) is 2.15. The molecule has 4 amide bonds. The number of hydrogen-bond acceptors (Lipinski definition) is 6. The van der Waals surface area contributed by atoms with Gasteiger partial charge in [0.05, 0.1) is 11.1 Å². The molecule has 8 nitrogen and oxygen atoms in total. The van der Waals surface area contributed by atoms with Crippen LogP contribution in [0.2, 0.25) is 0 Å². The summed E-state index contributed by atoms with van der Waals surface area (Å²) in [6.45, 7) is 0.768. The van der Waals surface area contributed by atoms with Crippen LogP contribution >= 0.6 is 11.3 Å². The van der Waals surface area contributed by atoms with E-state index in [0.717, 1.165) is 0 Å². The van der Waals surface area contributed by atoms with Gasteiger partial charge in [0, 0.05) is 37.5 Å². The van der Waals surface area contributed by atoms with Gasteiger partial charge in [-0.3, -0.25) is 19.8 Å². The van der Waals surface area contributed by atoms with Crippen LogP contribution in [0.5, 0.6) is 0 Å². The summed E-state index contributed by atoms with van der Waals surface area (Å²) in [5, 5.41) is 7.42. The van der Waals surface area contributed by atoms with Gasteiger partial charge in [0.2, 0.25) is 0 Å². The number of urea groups is 1. The van der Waals surface area contributed by atoms with Crippen LogP contribution in [0.4, 0.5) is 15.6 Å². The van der Waals surface area contributed by atoms with Gasteiger partial charge >= 0.3 is 6.03 Å². The molecule has 0 unspecified atom stereocenters. The van der Waals surface area contributed by atoms with Crippen LogP contribution < -0.4 is 10.6 Å². The molecule has 130 valence electrons. The van der Waals surface area contributed by atoms with Crippen molar-refractivity contribution in [2.75, 3.05) is 30.9 Å². The molecule has 0 atom stereocenters. The van der Waals surface area contributed by atoms with Gasteiger partial charge < -0.3 is 10.1 Å². The first-order valence-corrected chi connectivity index (χ1v) is 8.45. The average molecular weight is 360 g/mol. The predicted molar refractivity (Wildman–Crippen MR) is 93.1 cm³/mol. The monoisotopic (exact) mass is 360 g/mol. The summed E-state index contributed by atoms with van der Waals surface area (Å²) < 4.78 is 4.95. The standard InChI is InChI=1S/C16H16N4O4S/c1-24-7-2-6-20-13(21)11-4-3-10(9-12(11)14(20)22)18-15(23)19-16-17-5-8-25-16/h3-5,8-9H,2,6-7H2,1H3,(H2,17,18,19,23). The van der Waals surface area contributed by atoms with Crippen LogP contribution in [0.1, 0.15) is 27.1 Å². The van der Waals surface area contributed by atoms with Gasteiger partial charge in [-0.05, 0) is 24.6 Å². The van der Waals surface area contributed by atoms with Gasteiger partial charge in [-0.1, -0.05) is 0 Å². The van der Waals surface area contributed by atoms with Crippen LogP contribution in [0, 0.1) is 0 Å². The first-order chi connectivity index (χ1) is 12.1. The Bertz CT molecular complexity index is 806. The Labute approximate surface area is 147 Å². The summed E-state index contributed by atoms with van der Waals surface area (Å²) in [5.74, 6) is -0.685. The first kappa shape index (κ1) is 17.1. The largest absolute Gasteiger partial charge is 0.385 e. The number of methoxy groups -OCH3 is 1. The molecule has 0 fully saturated rings. The number of carbonyl (C=O) groups is 3. The molecule has 0 spiro atoms. The van der Waals surface area contributed by atoms with Crippen molar-refractivity contribution in [2.24, 2.45) is 0 Å². The minimum absolute atomic E-state index is 0.287. The van der Waals surface area contributed by atoms with E-state index in [4.69, 9.17) is 4.74 Å². The van der Waals surface area contributed by atoms with Gasteiger partial charge in [-0.15, -0.1) is 11.3 Å². The molecule has 9 heteroatoms. The van der Waals surface area contributed by atoms with Gasteiger partial charge in [-0.25, -0.2) is 9.78 Å². The molecule has 0 saturated carbocycles. The predicted octanol–water partition coefficient (Wildman–Crippen LogP) is 2.42. The number of rotatable bonds is 6. The molecule has 2 heterocycles. The summed E-state index contributed by atoms with van der Waals surface area (Å²) in [5.41, 5.74) is 1.05. The summed E-state index contributed by atoms with van der Waals surface area (Å²) in [6, 6.07) is 4.17. The number of nitrogens with one attached hydrogen (secondary N) is 2. The van der Waals surface area contributed by atoms with E-state index >= 15 is 0 Å². The number of hydrogen-bond donors (Lipinski definition) is 2. The lowest BCUT2D eigenvalue weighted by molar-refractivity contribution is 0.0638. The van der Waals surface area contributed by atoms with Crippen LogP contribution in [-0.4, -0.2) is 48.0 Å². The van der Waals surface area contributed by atoms with E-state index in [-0.39, 0.29) is 17.4 Å². The molecular weight excluding hydrogens is 344 g/mol. The van der Waals surface area contributed by atoms with Crippen molar-refractivity contribution >= 4 is 40.0 Å². The van der Waals surface area contributed by atoms with Gasteiger partial charge in [0.1, 0.15) is 0 Å². The number of carbonyl (C=O) groups excluding carboxylic acids is 3. The number of anilines is 2. The third kappa shape index (κ3) is 3.67. The van der Waals surface area contributed by atoms with E-state index in [0.29, 0.717) is 36.0 Å².